The second-order valence-corrected chi connectivity index (χ2v) is 7.04. The van der Waals surface area contributed by atoms with Gasteiger partial charge in [0.25, 0.3) is 11.8 Å². The minimum absolute atomic E-state index is 0.0382. The number of furan rings is 1. The van der Waals surface area contributed by atoms with Crippen molar-refractivity contribution < 1.29 is 18.4 Å². The van der Waals surface area contributed by atoms with Gasteiger partial charge >= 0.3 is 6.01 Å². The number of oxazole rings is 1. The van der Waals surface area contributed by atoms with Crippen LogP contribution in [-0.4, -0.2) is 47.9 Å². The molecule has 8 heteroatoms. The lowest BCUT2D eigenvalue weighted by Gasteiger charge is -2.36. The van der Waals surface area contributed by atoms with Crippen LogP contribution in [0.4, 0.5) is 11.7 Å². The number of hydrogen-bond acceptors (Lipinski definition) is 6. The van der Waals surface area contributed by atoms with Gasteiger partial charge in [-0.1, -0.05) is 12.1 Å². The van der Waals surface area contributed by atoms with Crippen molar-refractivity contribution in [1.82, 2.24) is 9.88 Å². The molecule has 1 aromatic carbocycles. The molecule has 3 heterocycles. The molecule has 0 bridgehead atoms. The first-order valence-electron chi connectivity index (χ1n) is 9.43. The number of benzene rings is 1. The maximum absolute atomic E-state index is 12.7. The van der Waals surface area contributed by atoms with Crippen LogP contribution in [0.15, 0.2) is 51.7 Å². The largest absolute Gasteiger partial charge is 0.459 e. The minimum atomic E-state index is -0.488. The third kappa shape index (κ3) is 4.01. The van der Waals surface area contributed by atoms with Crippen LogP contribution >= 0.6 is 0 Å². The first-order valence-corrected chi connectivity index (χ1v) is 9.43. The summed E-state index contributed by atoms with van der Waals surface area (Å²) >= 11 is 0. The van der Waals surface area contributed by atoms with Gasteiger partial charge in [-0.2, -0.15) is 4.98 Å². The molecular formula is C21H22N4O4. The number of carbonyl (C=O) groups is 2. The van der Waals surface area contributed by atoms with Crippen molar-refractivity contribution in [3.8, 4) is 0 Å². The molecule has 3 aromatic rings. The third-order valence-corrected chi connectivity index (χ3v) is 4.96. The Kier molecular flexibility index (Phi) is 5.07. The van der Waals surface area contributed by atoms with Crippen molar-refractivity contribution in [1.29, 1.82) is 0 Å². The van der Waals surface area contributed by atoms with Gasteiger partial charge in [0.05, 0.1) is 6.26 Å². The highest BCUT2D eigenvalue weighted by atomic mass is 16.4. The van der Waals surface area contributed by atoms with E-state index in [1.54, 1.807) is 11.0 Å². The highest BCUT2D eigenvalue weighted by Crippen LogP contribution is 2.23. The fraction of sp³-hybridized carbons (Fsp3) is 0.286. The number of anilines is 2. The summed E-state index contributed by atoms with van der Waals surface area (Å²) in [5, 5.41) is 2.47. The number of piperazine rings is 1. The molecule has 0 atom stereocenters. The second-order valence-electron chi connectivity index (χ2n) is 7.04. The minimum Gasteiger partial charge on any atom is -0.459 e. The first kappa shape index (κ1) is 18.8. The molecule has 0 radical (unpaired) electrons. The van der Waals surface area contributed by atoms with Crippen molar-refractivity contribution in [2.45, 2.75) is 13.8 Å². The molecule has 1 N–H and O–H groups in total. The predicted molar refractivity (Wildman–Crippen MR) is 107 cm³/mol. The fourth-order valence-corrected chi connectivity index (χ4v) is 3.37. The lowest BCUT2D eigenvalue weighted by molar-refractivity contribution is 0.0740. The van der Waals surface area contributed by atoms with Gasteiger partial charge < -0.3 is 18.6 Å². The zero-order valence-corrected chi connectivity index (χ0v) is 16.3. The van der Waals surface area contributed by atoms with Crippen LogP contribution in [0.3, 0.4) is 0 Å². The fourth-order valence-electron chi connectivity index (χ4n) is 3.37. The summed E-state index contributed by atoms with van der Waals surface area (Å²) in [6.45, 7) is 6.85. The van der Waals surface area contributed by atoms with Gasteiger partial charge in [-0.05, 0) is 43.2 Å². The van der Waals surface area contributed by atoms with Crippen molar-refractivity contribution >= 4 is 23.5 Å². The zero-order valence-electron chi connectivity index (χ0n) is 16.3. The van der Waals surface area contributed by atoms with Gasteiger partial charge in [0.2, 0.25) is 0 Å². The molecule has 0 aliphatic carbocycles. The number of nitrogens with zero attached hydrogens (tertiary/aromatic N) is 3. The summed E-state index contributed by atoms with van der Waals surface area (Å²) in [5.74, 6) is -0.565. The molecule has 4 rings (SSSR count). The van der Waals surface area contributed by atoms with E-state index in [0.29, 0.717) is 13.1 Å². The van der Waals surface area contributed by atoms with Gasteiger partial charge in [0, 0.05) is 31.9 Å². The maximum atomic E-state index is 12.7. The molecule has 1 aliphatic rings. The lowest BCUT2D eigenvalue weighted by Crippen LogP contribution is -2.49. The Morgan fingerprint density at radius 1 is 1.07 bits per heavy atom. The van der Waals surface area contributed by atoms with E-state index in [-0.39, 0.29) is 23.4 Å². The molecule has 0 spiro atoms. The average Bonchev–Trinajstić information content (AvgIpc) is 3.42. The van der Waals surface area contributed by atoms with Crippen molar-refractivity contribution in [3.63, 3.8) is 0 Å². The van der Waals surface area contributed by atoms with Crippen LogP contribution in [0.25, 0.3) is 0 Å². The van der Waals surface area contributed by atoms with Crippen molar-refractivity contribution in [2.24, 2.45) is 0 Å². The summed E-state index contributed by atoms with van der Waals surface area (Å²) in [7, 11) is 0. The first-order chi connectivity index (χ1) is 14.0. The SMILES string of the molecule is Cc1ccc(C)c(N2CCN(C(=O)c3coc(NC(=O)c4ccco4)n3)CC2)c1. The third-order valence-electron chi connectivity index (χ3n) is 4.96. The van der Waals surface area contributed by atoms with Gasteiger partial charge in [-0.3, -0.25) is 14.9 Å². The van der Waals surface area contributed by atoms with Gasteiger partial charge in [0.1, 0.15) is 6.26 Å². The quantitative estimate of drug-likeness (QED) is 0.731. The highest BCUT2D eigenvalue weighted by Gasteiger charge is 2.25. The van der Waals surface area contributed by atoms with E-state index in [1.807, 2.05) is 0 Å². The smallest absolute Gasteiger partial charge is 0.302 e. The number of aryl methyl sites for hydroxylation is 2. The summed E-state index contributed by atoms with van der Waals surface area (Å²) in [4.78, 5) is 32.9. The molecular weight excluding hydrogens is 372 g/mol. The Balaban J connectivity index is 1.37. The topological polar surface area (TPSA) is 91.8 Å². The number of nitrogens with one attached hydrogen (secondary N) is 1. The van der Waals surface area contributed by atoms with Gasteiger partial charge in [-0.15, -0.1) is 0 Å². The van der Waals surface area contributed by atoms with E-state index in [0.717, 1.165) is 13.1 Å². The summed E-state index contributed by atoms with van der Waals surface area (Å²) in [5.41, 5.74) is 3.82. The van der Waals surface area contributed by atoms with Crippen LogP contribution in [0.5, 0.6) is 0 Å². The maximum Gasteiger partial charge on any atom is 0.302 e. The highest BCUT2D eigenvalue weighted by molar-refractivity contribution is 6.01. The number of amides is 2. The van der Waals surface area contributed by atoms with E-state index in [4.69, 9.17) is 8.83 Å². The molecule has 2 aromatic heterocycles. The molecule has 0 unspecified atom stereocenters. The van der Waals surface area contributed by atoms with E-state index < -0.39 is 5.91 Å². The van der Waals surface area contributed by atoms with E-state index in [1.165, 1.54) is 35.4 Å². The standard InChI is InChI=1S/C21H22N4O4/c1-14-5-6-15(2)17(12-14)24-7-9-25(10-8-24)20(27)16-13-29-21(22-16)23-19(26)18-4-3-11-28-18/h3-6,11-13H,7-10H2,1-2H3,(H,22,23,26). The summed E-state index contributed by atoms with van der Waals surface area (Å²) in [6.07, 6.45) is 2.66. The number of rotatable bonds is 4. The average molecular weight is 394 g/mol. The van der Waals surface area contributed by atoms with E-state index >= 15 is 0 Å². The molecule has 1 fully saturated rings. The second kappa shape index (κ2) is 7.83. The Morgan fingerprint density at radius 3 is 2.59 bits per heavy atom. The van der Waals surface area contributed by atoms with Crippen LogP contribution in [-0.2, 0) is 0 Å². The predicted octanol–water partition coefficient (Wildman–Crippen LogP) is 3.10. The Hall–Kier alpha value is -3.55. The Morgan fingerprint density at radius 2 is 1.86 bits per heavy atom. The van der Waals surface area contributed by atoms with Gasteiger partial charge in [0.15, 0.2) is 11.5 Å². The van der Waals surface area contributed by atoms with Gasteiger partial charge in [-0.25, -0.2) is 0 Å². The number of carbonyl (C=O) groups excluding carboxylic acids is 2. The van der Waals surface area contributed by atoms with Crippen LogP contribution in [0.2, 0.25) is 0 Å². The number of hydrogen-bond donors (Lipinski definition) is 1. The summed E-state index contributed by atoms with van der Waals surface area (Å²) in [6, 6.07) is 9.50. The monoisotopic (exact) mass is 394 g/mol. The van der Waals surface area contributed by atoms with Crippen LogP contribution < -0.4 is 10.2 Å². The van der Waals surface area contributed by atoms with Crippen molar-refractivity contribution in [3.05, 3.63) is 65.4 Å². The van der Waals surface area contributed by atoms with E-state index in [9.17, 15) is 9.59 Å². The number of aromatic nitrogens is 1. The van der Waals surface area contributed by atoms with Crippen LogP contribution in [0.1, 0.15) is 32.2 Å². The molecule has 8 nitrogen and oxygen atoms in total. The molecule has 150 valence electrons. The van der Waals surface area contributed by atoms with E-state index in [2.05, 4.69) is 47.2 Å². The Bertz CT molecular complexity index is 1020. The molecule has 1 saturated heterocycles. The lowest BCUT2D eigenvalue weighted by atomic mass is 10.1. The summed E-state index contributed by atoms with van der Waals surface area (Å²) < 4.78 is 10.2. The van der Waals surface area contributed by atoms with Crippen LogP contribution in [0, 0.1) is 13.8 Å². The molecule has 2 amide bonds. The molecule has 1 aliphatic heterocycles. The normalized spacial score (nSPS) is 14.1. The Labute approximate surface area is 168 Å². The zero-order chi connectivity index (χ0) is 20.4. The molecule has 29 heavy (non-hydrogen) atoms. The van der Waals surface area contributed by atoms with Crippen molar-refractivity contribution in [2.75, 3.05) is 36.4 Å². The molecule has 0 saturated carbocycles.